The number of benzene rings is 1. The van der Waals surface area contributed by atoms with Gasteiger partial charge in [0.05, 0.1) is 27.3 Å². The molecule has 6 heteroatoms. The molecule has 1 amide bonds. The lowest BCUT2D eigenvalue weighted by atomic mass is 10.3. The van der Waals surface area contributed by atoms with E-state index in [9.17, 15) is 4.79 Å². The lowest BCUT2D eigenvalue weighted by molar-refractivity contribution is 0.168. The van der Waals surface area contributed by atoms with E-state index in [4.69, 9.17) is 9.47 Å². The summed E-state index contributed by atoms with van der Waals surface area (Å²) in [4.78, 5) is 12.5. The molecule has 0 radical (unpaired) electrons. The molecular formula is C17H16INO3S. The fourth-order valence-electron chi connectivity index (χ4n) is 1.71. The number of hydrogen-bond acceptors (Lipinski definition) is 4. The maximum absolute atomic E-state index is 11.5. The molecule has 0 aliphatic heterocycles. The highest BCUT2D eigenvalue weighted by Crippen LogP contribution is 2.28. The average molecular weight is 441 g/mol. The summed E-state index contributed by atoms with van der Waals surface area (Å²) in [6, 6.07) is 9.48. The number of hydrogen-bond donors (Lipinski definition) is 1. The van der Waals surface area contributed by atoms with E-state index in [1.54, 1.807) is 18.3 Å². The molecule has 0 atom stereocenters. The van der Waals surface area contributed by atoms with E-state index in [1.165, 1.54) is 0 Å². The van der Waals surface area contributed by atoms with Crippen LogP contribution in [0.4, 0.5) is 10.5 Å². The molecule has 0 fully saturated rings. The topological polar surface area (TPSA) is 47.6 Å². The van der Waals surface area contributed by atoms with E-state index in [0.29, 0.717) is 25.3 Å². The van der Waals surface area contributed by atoms with E-state index in [2.05, 4.69) is 39.7 Å². The molecule has 0 bridgehead atoms. The quantitative estimate of drug-likeness (QED) is 0.414. The molecule has 1 heterocycles. The minimum Gasteiger partial charge on any atom is -0.491 e. The molecule has 0 unspecified atom stereocenters. The Kier molecular flexibility index (Phi) is 7.23. The summed E-state index contributed by atoms with van der Waals surface area (Å²) in [5.74, 6) is 6.89. The summed E-state index contributed by atoms with van der Waals surface area (Å²) in [5, 5.41) is 4.70. The number of carbonyl (C=O) groups is 1. The Labute approximate surface area is 153 Å². The first-order valence-corrected chi connectivity index (χ1v) is 9.04. The molecule has 120 valence electrons. The third-order valence-corrected chi connectivity index (χ3v) is 4.59. The Bertz CT molecular complexity index is 704. The Morgan fingerprint density at radius 1 is 1.35 bits per heavy atom. The van der Waals surface area contributed by atoms with Gasteiger partial charge in [0.15, 0.2) is 0 Å². The van der Waals surface area contributed by atoms with Gasteiger partial charge in [-0.25, -0.2) is 4.79 Å². The smallest absolute Gasteiger partial charge is 0.411 e. The molecule has 2 aromatic rings. The fraction of sp³-hybridized carbons (Fsp3) is 0.235. The van der Waals surface area contributed by atoms with Gasteiger partial charge >= 0.3 is 6.09 Å². The lowest BCUT2D eigenvalue weighted by Gasteiger charge is -2.11. The molecule has 0 spiro atoms. The van der Waals surface area contributed by atoms with Gasteiger partial charge in [0.2, 0.25) is 0 Å². The lowest BCUT2D eigenvalue weighted by Crippen LogP contribution is -2.14. The molecule has 0 aliphatic carbocycles. The highest BCUT2D eigenvalue weighted by Gasteiger charge is 2.09. The Hall–Kier alpha value is -1.72. The summed E-state index contributed by atoms with van der Waals surface area (Å²) in [6.07, 6.45) is 0.174. The minimum atomic E-state index is -0.468. The van der Waals surface area contributed by atoms with E-state index in [1.807, 2.05) is 35.7 Å². The highest BCUT2D eigenvalue weighted by molar-refractivity contribution is 14.1. The first-order valence-electron chi connectivity index (χ1n) is 7.08. The van der Waals surface area contributed by atoms with Crippen molar-refractivity contribution < 1.29 is 14.3 Å². The van der Waals surface area contributed by atoms with Gasteiger partial charge in [-0.2, -0.15) is 0 Å². The normalized spacial score (nSPS) is 9.65. The summed E-state index contributed by atoms with van der Waals surface area (Å²) in [6.45, 7) is 2.60. The number of ether oxygens (including phenoxy) is 2. The highest BCUT2D eigenvalue weighted by atomic mass is 127. The molecule has 4 nitrogen and oxygen atoms in total. The molecular weight excluding hydrogens is 425 g/mol. The van der Waals surface area contributed by atoms with Crippen LogP contribution in [0, 0.1) is 15.4 Å². The number of anilines is 1. The zero-order valence-corrected chi connectivity index (χ0v) is 15.6. The summed E-state index contributed by atoms with van der Waals surface area (Å²) >= 11 is 3.77. The monoisotopic (exact) mass is 441 g/mol. The summed E-state index contributed by atoms with van der Waals surface area (Å²) in [7, 11) is 0. The third-order valence-electron chi connectivity index (χ3n) is 2.69. The number of carbonyl (C=O) groups excluding carboxylic acids is 1. The maximum Gasteiger partial charge on any atom is 0.411 e. The fourth-order valence-corrected chi connectivity index (χ4v) is 2.95. The standard InChI is InChI=1S/C17H16INO3S/c1-2-21-17(20)19-14-9-5-10-15(16(14)18)22-11-4-3-7-13-8-6-12-23-13/h5-6,8-10,12H,2,4,11H2,1H3,(H,19,20). The van der Waals surface area contributed by atoms with Crippen LogP contribution in [0.15, 0.2) is 35.7 Å². The minimum absolute atomic E-state index is 0.335. The van der Waals surface area contributed by atoms with Crippen molar-refractivity contribution in [1.82, 2.24) is 0 Å². The van der Waals surface area contributed by atoms with Crippen LogP contribution in [-0.4, -0.2) is 19.3 Å². The second-order valence-electron chi connectivity index (χ2n) is 4.34. The summed E-state index contributed by atoms with van der Waals surface area (Å²) in [5.41, 5.74) is 0.672. The van der Waals surface area contributed by atoms with Gasteiger partial charge in [-0.3, -0.25) is 5.32 Å². The molecule has 0 saturated heterocycles. The van der Waals surface area contributed by atoms with Crippen molar-refractivity contribution in [3.05, 3.63) is 44.2 Å². The van der Waals surface area contributed by atoms with Crippen LogP contribution in [-0.2, 0) is 4.74 Å². The van der Waals surface area contributed by atoms with Crippen molar-refractivity contribution in [2.24, 2.45) is 0 Å². The van der Waals surface area contributed by atoms with Gasteiger partial charge < -0.3 is 9.47 Å². The van der Waals surface area contributed by atoms with Crippen LogP contribution in [0.5, 0.6) is 5.75 Å². The Morgan fingerprint density at radius 3 is 2.96 bits per heavy atom. The Balaban J connectivity index is 1.88. The Morgan fingerprint density at radius 2 is 2.22 bits per heavy atom. The van der Waals surface area contributed by atoms with Crippen molar-refractivity contribution in [2.75, 3.05) is 18.5 Å². The van der Waals surface area contributed by atoms with E-state index >= 15 is 0 Å². The van der Waals surface area contributed by atoms with Crippen molar-refractivity contribution >= 4 is 45.7 Å². The maximum atomic E-state index is 11.5. The van der Waals surface area contributed by atoms with Gasteiger partial charge in [-0.1, -0.05) is 24.0 Å². The second-order valence-corrected chi connectivity index (χ2v) is 6.37. The van der Waals surface area contributed by atoms with Crippen LogP contribution in [0.3, 0.4) is 0 Å². The van der Waals surface area contributed by atoms with Gasteiger partial charge in [0, 0.05) is 6.42 Å². The van der Waals surface area contributed by atoms with Gasteiger partial charge in [0.25, 0.3) is 0 Å². The van der Waals surface area contributed by atoms with Crippen LogP contribution >= 0.6 is 33.9 Å². The molecule has 0 aliphatic rings. The van der Waals surface area contributed by atoms with Gasteiger partial charge in [-0.15, -0.1) is 11.3 Å². The molecule has 1 aromatic heterocycles. The van der Waals surface area contributed by atoms with E-state index < -0.39 is 6.09 Å². The first-order chi connectivity index (χ1) is 11.2. The largest absolute Gasteiger partial charge is 0.491 e. The van der Waals surface area contributed by atoms with Crippen molar-refractivity contribution in [2.45, 2.75) is 13.3 Å². The zero-order chi connectivity index (χ0) is 16.5. The second kappa shape index (κ2) is 9.43. The first kappa shape index (κ1) is 17.6. The molecule has 23 heavy (non-hydrogen) atoms. The van der Waals surface area contributed by atoms with Gasteiger partial charge in [-0.05, 0) is 53.1 Å². The van der Waals surface area contributed by atoms with E-state index in [-0.39, 0.29) is 0 Å². The van der Waals surface area contributed by atoms with Crippen LogP contribution in [0.1, 0.15) is 18.2 Å². The molecule has 2 rings (SSSR count). The summed E-state index contributed by atoms with van der Waals surface area (Å²) < 4.78 is 11.5. The van der Waals surface area contributed by atoms with Crippen molar-refractivity contribution in [3.8, 4) is 17.6 Å². The molecule has 0 saturated carbocycles. The van der Waals surface area contributed by atoms with Crippen molar-refractivity contribution in [3.63, 3.8) is 0 Å². The number of nitrogens with one attached hydrogen (secondary N) is 1. The van der Waals surface area contributed by atoms with Crippen LogP contribution in [0.2, 0.25) is 0 Å². The van der Waals surface area contributed by atoms with Gasteiger partial charge in [0.1, 0.15) is 5.75 Å². The van der Waals surface area contributed by atoms with Crippen LogP contribution in [0.25, 0.3) is 0 Å². The zero-order valence-electron chi connectivity index (χ0n) is 12.6. The SMILES string of the molecule is CCOC(=O)Nc1cccc(OCCC#Cc2cccs2)c1I. The average Bonchev–Trinajstić information content (AvgIpc) is 3.04. The molecule has 1 aromatic carbocycles. The number of halogens is 1. The number of thiophene rings is 1. The van der Waals surface area contributed by atoms with E-state index in [0.717, 1.165) is 14.2 Å². The van der Waals surface area contributed by atoms with Crippen LogP contribution < -0.4 is 10.1 Å². The predicted octanol–water partition coefficient (Wildman–Crippen LogP) is 4.74. The van der Waals surface area contributed by atoms with Crippen molar-refractivity contribution in [1.29, 1.82) is 0 Å². The third kappa shape index (κ3) is 5.77. The predicted molar refractivity (Wildman–Crippen MR) is 101 cm³/mol. The number of rotatable bonds is 5. The molecule has 1 N–H and O–H groups in total. The number of amides is 1.